The van der Waals surface area contributed by atoms with Crippen molar-refractivity contribution in [2.24, 2.45) is 0 Å². The molecule has 2 aromatic carbocycles. The van der Waals surface area contributed by atoms with Crippen molar-refractivity contribution in [1.82, 2.24) is 4.90 Å². The van der Waals surface area contributed by atoms with Crippen LogP contribution in [-0.4, -0.2) is 36.7 Å². The summed E-state index contributed by atoms with van der Waals surface area (Å²) in [7, 11) is -3.32. The van der Waals surface area contributed by atoms with Crippen LogP contribution >= 0.6 is 0 Å². The summed E-state index contributed by atoms with van der Waals surface area (Å²) in [5.74, 6) is 0.640. The van der Waals surface area contributed by atoms with Gasteiger partial charge in [0, 0.05) is 18.0 Å². The third-order valence-corrected chi connectivity index (χ3v) is 9.44. The van der Waals surface area contributed by atoms with Gasteiger partial charge < -0.3 is 0 Å². The quantitative estimate of drug-likeness (QED) is 0.657. The summed E-state index contributed by atoms with van der Waals surface area (Å²) in [6.45, 7) is 4.76. The molecular weight excluding hydrogens is 366 g/mol. The summed E-state index contributed by atoms with van der Waals surface area (Å²) in [6.07, 6.45) is 5.43. The molecule has 2 aromatic rings. The highest BCUT2D eigenvalue weighted by molar-refractivity contribution is 7.92. The van der Waals surface area contributed by atoms with E-state index in [0.717, 1.165) is 13.0 Å². The number of rotatable bonds is 7. The van der Waals surface area contributed by atoms with Crippen LogP contribution in [0.5, 0.6) is 0 Å². The lowest BCUT2D eigenvalue weighted by molar-refractivity contribution is 0.239. The highest BCUT2D eigenvalue weighted by Gasteiger charge is 2.46. The number of nitrogens with zero attached hydrogens (tertiary/aromatic N) is 1. The SMILES string of the molecule is CC(C)(CCCN1C2CCC1C(c1ccccc1)C2)S(=O)(=O)c1ccccc1. The van der Waals surface area contributed by atoms with Crippen molar-refractivity contribution in [1.29, 1.82) is 0 Å². The topological polar surface area (TPSA) is 37.4 Å². The van der Waals surface area contributed by atoms with E-state index >= 15 is 0 Å². The summed E-state index contributed by atoms with van der Waals surface area (Å²) in [6, 6.07) is 21.1. The first-order valence-corrected chi connectivity index (χ1v) is 12.0. The monoisotopic (exact) mass is 397 g/mol. The van der Waals surface area contributed by atoms with Crippen molar-refractivity contribution in [2.75, 3.05) is 6.54 Å². The van der Waals surface area contributed by atoms with Gasteiger partial charge in [0.05, 0.1) is 9.64 Å². The van der Waals surface area contributed by atoms with Crippen LogP contribution in [0.4, 0.5) is 0 Å². The Kier molecular flexibility index (Phi) is 5.36. The molecule has 0 aliphatic carbocycles. The van der Waals surface area contributed by atoms with Crippen molar-refractivity contribution >= 4 is 9.84 Å². The summed E-state index contributed by atoms with van der Waals surface area (Å²) in [5.41, 5.74) is 1.46. The predicted octanol–water partition coefficient (Wildman–Crippen LogP) is 5.04. The first kappa shape index (κ1) is 19.7. The Labute approximate surface area is 169 Å². The third kappa shape index (κ3) is 3.53. The number of sulfone groups is 1. The molecule has 0 spiro atoms. The minimum Gasteiger partial charge on any atom is -0.297 e. The zero-order valence-electron chi connectivity index (χ0n) is 16.9. The van der Waals surface area contributed by atoms with Crippen LogP contribution in [0.3, 0.4) is 0 Å². The highest BCUT2D eigenvalue weighted by atomic mass is 32.2. The van der Waals surface area contributed by atoms with Crippen molar-refractivity contribution in [3.63, 3.8) is 0 Å². The number of hydrogen-bond acceptors (Lipinski definition) is 3. The van der Waals surface area contributed by atoms with Crippen LogP contribution in [0.1, 0.15) is 57.4 Å². The van der Waals surface area contributed by atoms with Crippen LogP contribution in [-0.2, 0) is 9.84 Å². The fourth-order valence-corrected chi connectivity index (χ4v) is 6.82. The van der Waals surface area contributed by atoms with E-state index in [4.69, 9.17) is 0 Å². The van der Waals surface area contributed by atoms with Crippen LogP contribution < -0.4 is 0 Å². The molecule has 28 heavy (non-hydrogen) atoms. The number of fused-ring (bicyclic) bond motifs is 2. The van der Waals surface area contributed by atoms with Crippen molar-refractivity contribution < 1.29 is 8.42 Å². The lowest BCUT2D eigenvalue weighted by atomic mass is 9.84. The van der Waals surface area contributed by atoms with Gasteiger partial charge in [0.25, 0.3) is 0 Å². The van der Waals surface area contributed by atoms with Gasteiger partial charge in [-0.3, -0.25) is 4.90 Å². The molecule has 0 N–H and O–H groups in total. The van der Waals surface area contributed by atoms with E-state index in [-0.39, 0.29) is 0 Å². The molecule has 2 bridgehead atoms. The molecule has 2 saturated heterocycles. The molecule has 3 atom stereocenters. The zero-order chi connectivity index (χ0) is 19.8. The molecule has 150 valence electrons. The van der Waals surface area contributed by atoms with E-state index in [9.17, 15) is 8.42 Å². The Hall–Kier alpha value is -1.65. The molecule has 3 nitrogen and oxygen atoms in total. The molecule has 0 aromatic heterocycles. The molecule has 2 heterocycles. The summed E-state index contributed by atoms with van der Waals surface area (Å²) in [4.78, 5) is 3.11. The van der Waals surface area contributed by atoms with Gasteiger partial charge in [0.2, 0.25) is 0 Å². The van der Waals surface area contributed by atoms with Gasteiger partial charge in [0.1, 0.15) is 0 Å². The average molecular weight is 398 g/mol. The molecule has 0 radical (unpaired) electrons. The van der Waals surface area contributed by atoms with Crippen molar-refractivity contribution in [3.8, 4) is 0 Å². The fraction of sp³-hybridized carbons (Fsp3) is 0.500. The highest BCUT2D eigenvalue weighted by Crippen LogP contribution is 2.46. The Bertz CT molecular complexity index is 893. The Morgan fingerprint density at radius 2 is 1.61 bits per heavy atom. The van der Waals surface area contributed by atoms with Gasteiger partial charge in [-0.25, -0.2) is 8.42 Å². The maximum atomic E-state index is 13.0. The van der Waals surface area contributed by atoms with Gasteiger partial charge >= 0.3 is 0 Å². The first-order valence-electron chi connectivity index (χ1n) is 10.5. The minimum absolute atomic E-state index is 0.436. The second-order valence-corrected chi connectivity index (χ2v) is 11.6. The van der Waals surface area contributed by atoms with Crippen LogP contribution in [0.2, 0.25) is 0 Å². The first-order chi connectivity index (χ1) is 13.4. The predicted molar refractivity (Wildman–Crippen MR) is 114 cm³/mol. The number of benzene rings is 2. The van der Waals surface area contributed by atoms with Crippen molar-refractivity contribution in [3.05, 3.63) is 66.2 Å². The normalized spacial score (nSPS) is 25.3. The van der Waals surface area contributed by atoms with Gasteiger partial charge in [0.15, 0.2) is 9.84 Å². The Morgan fingerprint density at radius 3 is 2.29 bits per heavy atom. The fourth-order valence-electron chi connectivity index (χ4n) is 5.25. The molecule has 2 aliphatic heterocycles. The standard InChI is InChI=1S/C24H31NO2S/c1-24(2,28(26,27)21-12-7-4-8-13-21)16-9-17-25-20-14-15-23(25)22(18-20)19-10-5-3-6-11-19/h3-8,10-13,20,22-23H,9,14-18H2,1-2H3. The van der Waals surface area contributed by atoms with E-state index in [0.29, 0.717) is 29.3 Å². The van der Waals surface area contributed by atoms with Gasteiger partial charge in [-0.15, -0.1) is 0 Å². The van der Waals surface area contributed by atoms with Crippen LogP contribution in [0, 0.1) is 0 Å². The molecule has 0 amide bonds. The third-order valence-electron chi connectivity index (χ3n) is 6.88. The van der Waals surface area contributed by atoms with Gasteiger partial charge in [-0.05, 0) is 70.2 Å². The molecular formula is C24H31NO2S. The summed E-state index contributed by atoms with van der Waals surface area (Å²) < 4.78 is 25.3. The smallest absolute Gasteiger partial charge is 0.183 e. The maximum absolute atomic E-state index is 13.0. The van der Waals surface area contributed by atoms with Crippen molar-refractivity contribution in [2.45, 2.75) is 73.6 Å². The van der Waals surface area contributed by atoms with Gasteiger partial charge in [-0.1, -0.05) is 48.5 Å². The molecule has 0 saturated carbocycles. The molecule has 4 rings (SSSR count). The zero-order valence-corrected chi connectivity index (χ0v) is 17.7. The molecule has 2 aliphatic rings. The van der Waals surface area contributed by atoms with Crippen LogP contribution in [0.25, 0.3) is 0 Å². The average Bonchev–Trinajstić information content (AvgIpc) is 3.26. The second-order valence-electron chi connectivity index (χ2n) is 8.97. The lowest BCUT2D eigenvalue weighted by Gasteiger charge is -2.28. The Morgan fingerprint density at radius 1 is 0.964 bits per heavy atom. The molecule has 2 fully saturated rings. The lowest BCUT2D eigenvalue weighted by Crippen LogP contribution is -2.35. The molecule has 4 heteroatoms. The molecule has 3 unspecified atom stereocenters. The van der Waals surface area contributed by atoms with E-state index < -0.39 is 14.6 Å². The number of hydrogen-bond donors (Lipinski definition) is 0. The Balaban J connectivity index is 1.39. The van der Waals surface area contributed by atoms with E-state index in [2.05, 4.69) is 35.2 Å². The van der Waals surface area contributed by atoms with E-state index in [1.54, 1.807) is 24.3 Å². The van der Waals surface area contributed by atoms with E-state index in [1.807, 2.05) is 19.9 Å². The largest absolute Gasteiger partial charge is 0.297 e. The summed E-state index contributed by atoms with van der Waals surface area (Å²) in [5, 5.41) is 0. The van der Waals surface area contributed by atoms with E-state index in [1.165, 1.54) is 24.8 Å². The minimum atomic E-state index is -3.32. The maximum Gasteiger partial charge on any atom is 0.183 e. The summed E-state index contributed by atoms with van der Waals surface area (Å²) >= 11 is 0. The second kappa shape index (κ2) is 7.64. The van der Waals surface area contributed by atoms with Crippen LogP contribution in [0.15, 0.2) is 65.6 Å². The van der Waals surface area contributed by atoms with Gasteiger partial charge in [-0.2, -0.15) is 0 Å².